The van der Waals surface area contributed by atoms with E-state index < -0.39 is 5.97 Å². The molecule has 2 bridgehead atoms. The number of aliphatic hydroxyl groups excluding tert-OH is 2. The summed E-state index contributed by atoms with van der Waals surface area (Å²) in [4.78, 5) is 9.25. The number of carboxylic acids is 1. The third-order valence-electron chi connectivity index (χ3n) is 2.81. The van der Waals surface area contributed by atoms with Crippen molar-refractivity contribution in [2.24, 2.45) is 11.8 Å². The molecule has 0 aliphatic heterocycles. The molecule has 0 unspecified atom stereocenters. The quantitative estimate of drug-likeness (QED) is 0.633. The Balaban J connectivity index is 0. The van der Waals surface area contributed by atoms with Crippen LogP contribution in [0.15, 0.2) is 12.7 Å². The minimum absolute atomic E-state index is 0.250. The Kier molecular flexibility index (Phi) is 15.4. The van der Waals surface area contributed by atoms with Crippen molar-refractivity contribution in [2.75, 3.05) is 13.2 Å². The Bertz CT molecular complexity index is 184. The maximum absolute atomic E-state index is 9.25. The van der Waals surface area contributed by atoms with Crippen LogP contribution in [0.2, 0.25) is 0 Å². The third-order valence-corrected chi connectivity index (χ3v) is 2.81. The Morgan fingerprint density at radius 1 is 1.11 bits per heavy atom. The van der Waals surface area contributed by atoms with Crippen molar-refractivity contribution in [1.82, 2.24) is 0 Å². The van der Waals surface area contributed by atoms with Gasteiger partial charge in [0, 0.05) is 19.3 Å². The van der Waals surface area contributed by atoms with E-state index in [1.54, 1.807) is 46.0 Å². The summed E-state index contributed by atoms with van der Waals surface area (Å²) in [5.74, 6) is 1.36. The van der Waals surface area contributed by atoms with Crippen LogP contribution >= 0.6 is 0 Å². The van der Waals surface area contributed by atoms with E-state index in [1.807, 2.05) is 0 Å². The number of aliphatic carboxylic acids is 1. The van der Waals surface area contributed by atoms with E-state index >= 15 is 0 Å². The van der Waals surface area contributed by atoms with Crippen LogP contribution in [-0.2, 0) is 4.79 Å². The number of hydrogen-bond donors (Lipinski definition) is 3. The number of carboxylic acid groups (broad SMARTS) is 1. The highest BCUT2D eigenvalue weighted by atomic mass is 16.4. The molecule has 0 saturated heterocycles. The first-order valence-corrected chi connectivity index (χ1v) is 6.62. The lowest BCUT2D eigenvalue weighted by atomic mass is 10.0. The highest BCUT2D eigenvalue weighted by Gasteiger charge is 2.30. The molecule has 0 spiro atoms. The molecular weight excluding hydrogens is 232 g/mol. The number of rotatable bonds is 1. The fourth-order valence-corrected chi connectivity index (χ4v) is 2.17. The van der Waals surface area contributed by atoms with E-state index in [4.69, 9.17) is 15.3 Å². The first-order valence-electron chi connectivity index (χ1n) is 6.62. The molecular formula is C14H28O4. The van der Waals surface area contributed by atoms with Crippen molar-refractivity contribution in [3.05, 3.63) is 12.7 Å². The van der Waals surface area contributed by atoms with Gasteiger partial charge < -0.3 is 15.3 Å². The average Bonchev–Trinajstić information content (AvgIpc) is 2.96. The second-order valence-corrected chi connectivity index (χ2v) is 4.30. The summed E-state index contributed by atoms with van der Waals surface area (Å²) >= 11 is 0. The molecule has 2 fully saturated rings. The molecule has 3 N–H and O–H groups in total. The summed E-state index contributed by atoms with van der Waals surface area (Å²) in [5, 5.41) is 22.7. The predicted octanol–water partition coefficient (Wildman–Crippen LogP) is 2.45. The Labute approximate surface area is 110 Å². The minimum Gasteiger partial charge on any atom is -0.478 e. The first kappa shape index (κ1) is 19.5. The molecule has 0 radical (unpaired) electrons. The Hall–Kier alpha value is -0.870. The molecule has 108 valence electrons. The summed E-state index contributed by atoms with van der Waals surface area (Å²) in [5.41, 5.74) is 0. The molecule has 0 aromatic rings. The van der Waals surface area contributed by atoms with Gasteiger partial charge in [0.15, 0.2) is 0 Å². The normalized spacial score (nSPS) is 22.4. The monoisotopic (exact) mass is 260 g/mol. The number of carbonyl (C=O) groups is 1. The van der Waals surface area contributed by atoms with Crippen LogP contribution in [0.5, 0.6) is 0 Å². The van der Waals surface area contributed by atoms with Crippen molar-refractivity contribution < 1.29 is 20.1 Å². The van der Waals surface area contributed by atoms with Gasteiger partial charge in [-0.1, -0.05) is 32.3 Å². The zero-order chi connectivity index (χ0) is 14.4. The van der Waals surface area contributed by atoms with Crippen LogP contribution in [0, 0.1) is 11.8 Å². The fourth-order valence-electron chi connectivity index (χ4n) is 2.17. The number of fused-ring (bicyclic) bond motifs is 2. The second-order valence-electron chi connectivity index (χ2n) is 4.30. The van der Waals surface area contributed by atoms with Gasteiger partial charge in [0.2, 0.25) is 0 Å². The topological polar surface area (TPSA) is 77.8 Å². The molecule has 0 aromatic heterocycles. The molecule has 0 amide bonds. The lowest BCUT2D eigenvalue weighted by molar-refractivity contribution is -0.131. The van der Waals surface area contributed by atoms with Gasteiger partial charge >= 0.3 is 5.97 Å². The van der Waals surface area contributed by atoms with E-state index in [9.17, 15) is 4.79 Å². The third kappa shape index (κ3) is 13.2. The van der Waals surface area contributed by atoms with E-state index in [0.29, 0.717) is 0 Å². The summed E-state index contributed by atoms with van der Waals surface area (Å²) in [6, 6.07) is 0. The van der Waals surface area contributed by atoms with Crippen molar-refractivity contribution in [1.29, 1.82) is 0 Å². The molecule has 18 heavy (non-hydrogen) atoms. The van der Waals surface area contributed by atoms with Crippen molar-refractivity contribution in [2.45, 2.75) is 46.0 Å². The van der Waals surface area contributed by atoms with Crippen molar-refractivity contribution in [3.8, 4) is 0 Å². The SMILES string of the molecule is C1CC2CCC1C2.C=CC(=O)O.CCO.CCO. The van der Waals surface area contributed by atoms with Crippen LogP contribution in [0.25, 0.3) is 0 Å². The largest absolute Gasteiger partial charge is 0.478 e. The van der Waals surface area contributed by atoms with Gasteiger partial charge in [-0.15, -0.1) is 0 Å². The molecule has 0 aromatic carbocycles. The van der Waals surface area contributed by atoms with Crippen LogP contribution in [0.1, 0.15) is 46.0 Å². The molecule has 0 atom stereocenters. The van der Waals surface area contributed by atoms with Crippen molar-refractivity contribution in [3.63, 3.8) is 0 Å². The summed E-state index contributed by atoms with van der Waals surface area (Å²) in [7, 11) is 0. The van der Waals surface area contributed by atoms with E-state index in [0.717, 1.165) is 6.08 Å². The standard InChI is InChI=1S/C7H12.C3H4O2.2C2H6O/c1-2-7-4-3-6(1)5-7;1-2-3(4)5;2*1-2-3/h6-7H,1-5H2;2H,1H2,(H,4,5);2*3H,2H2,1H3. The lowest BCUT2D eigenvalue weighted by Crippen LogP contribution is -1.90. The molecule has 2 aliphatic rings. The molecule has 4 nitrogen and oxygen atoms in total. The van der Waals surface area contributed by atoms with Crippen molar-refractivity contribution >= 4 is 5.97 Å². The van der Waals surface area contributed by atoms with Gasteiger partial charge in [0.1, 0.15) is 0 Å². The smallest absolute Gasteiger partial charge is 0.327 e. The van der Waals surface area contributed by atoms with Gasteiger partial charge in [0.05, 0.1) is 0 Å². The van der Waals surface area contributed by atoms with E-state index in [-0.39, 0.29) is 13.2 Å². The minimum atomic E-state index is -0.981. The maximum atomic E-state index is 9.25. The summed E-state index contributed by atoms with van der Waals surface area (Å²) in [6.45, 7) is 6.82. The molecule has 2 saturated carbocycles. The summed E-state index contributed by atoms with van der Waals surface area (Å²) in [6.07, 6.45) is 8.66. The van der Waals surface area contributed by atoms with Gasteiger partial charge in [-0.05, 0) is 32.1 Å². The molecule has 4 heteroatoms. The van der Waals surface area contributed by atoms with Crippen LogP contribution < -0.4 is 0 Å². The van der Waals surface area contributed by atoms with Crippen LogP contribution in [0.4, 0.5) is 0 Å². The van der Waals surface area contributed by atoms with Gasteiger partial charge in [-0.3, -0.25) is 0 Å². The molecule has 0 heterocycles. The lowest BCUT2D eigenvalue weighted by Gasteiger charge is -2.05. The van der Waals surface area contributed by atoms with Crippen LogP contribution in [0.3, 0.4) is 0 Å². The van der Waals surface area contributed by atoms with E-state index in [1.165, 1.54) is 11.8 Å². The fraction of sp³-hybridized carbons (Fsp3) is 0.786. The molecule has 2 aliphatic carbocycles. The Morgan fingerprint density at radius 3 is 1.39 bits per heavy atom. The predicted molar refractivity (Wildman–Crippen MR) is 73.4 cm³/mol. The Morgan fingerprint density at radius 2 is 1.33 bits per heavy atom. The van der Waals surface area contributed by atoms with Gasteiger partial charge in [-0.25, -0.2) is 4.79 Å². The highest BCUT2D eigenvalue weighted by Crippen LogP contribution is 2.43. The maximum Gasteiger partial charge on any atom is 0.327 e. The van der Waals surface area contributed by atoms with Crippen LogP contribution in [-0.4, -0.2) is 34.5 Å². The zero-order valence-corrected chi connectivity index (χ0v) is 11.6. The highest BCUT2D eigenvalue weighted by molar-refractivity contribution is 5.78. The van der Waals surface area contributed by atoms with Gasteiger partial charge in [0.25, 0.3) is 0 Å². The number of aliphatic hydroxyl groups is 2. The summed E-state index contributed by atoms with van der Waals surface area (Å²) < 4.78 is 0. The first-order chi connectivity index (χ1) is 8.55. The number of hydrogen-bond acceptors (Lipinski definition) is 3. The second kappa shape index (κ2) is 14.2. The zero-order valence-electron chi connectivity index (χ0n) is 11.6. The molecule has 2 rings (SSSR count). The van der Waals surface area contributed by atoms with Gasteiger partial charge in [-0.2, -0.15) is 0 Å². The average molecular weight is 260 g/mol. The van der Waals surface area contributed by atoms with E-state index in [2.05, 4.69) is 6.58 Å².